The second-order valence-corrected chi connectivity index (χ2v) is 20.5. The molecule has 0 fully saturated rings. The molecule has 1 atom stereocenters. The SMILES string of the molecule is Cc1cc2c3c(c1)C(Cc1cc4c(cc1C)C(C)(C)CCC4(C)C)c1cc4c(cc1B3N1c3ccccc3Sc3cccc-2c31)Sc1ccccc1S4. The molecule has 5 heteroatoms. The Hall–Kier alpha value is -3.77. The Morgan fingerprint density at radius 1 is 0.623 bits per heavy atom. The number of aryl methyl sites for hydroxylation is 2. The predicted octanol–water partition coefficient (Wildman–Crippen LogP) is 12.3. The quantitative estimate of drug-likeness (QED) is 0.162. The molecule has 5 aliphatic rings. The van der Waals surface area contributed by atoms with Gasteiger partial charge in [-0.1, -0.05) is 129 Å². The van der Waals surface area contributed by atoms with Crippen molar-refractivity contribution in [1.29, 1.82) is 0 Å². The summed E-state index contributed by atoms with van der Waals surface area (Å²) in [6, 6.07) is 40.5. The van der Waals surface area contributed by atoms with Crippen LogP contribution in [0, 0.1) is 13.8 Å². The molecule has 0 spiro atoms. The van der Waals surface area contributed by atoms with Gasteiger partial charge in [0.15, 0.2) is 0 Å². The van der Waals surface area contributed by atoms with Crippen LogP contribution in [0.1, 0.15) is 85.4 Å². The van der Waals surface area contributed by atoms with Crippen molar-refractivity contribution in [3.63, 3.8) is 0 Å². The van der Waals surface area contributed by atoms with Crippen LogP contribution < -0.4 is 15.7 Å². The highest BCUT2D eigenvalue weighted by Gasteiger charge is 2.48. The van der Waals surface area contributed by atoms with Crippen LogP contribution in [0.25, 0.3) is 11.1 Å². The van der Waals surface area contributed by atoms with Gasteiger partial charge in [0, 0.05) is 46.5 Å². The molecule has 0 N–H and O–H groups in total. The summed E-state index contributed by atoms with van der Waals surface area (Å²) in [5.74, 6) is 0.249. The van der Waals surface area contributed by atoms with E-state index >= 15 is 0 Å². The zero-order valence-corrected chi connectivity index (χ0v) is 33.7. The second kappa shape index (κ2) is 11.4. The summed E-state index contributed by atoms with van der Waals surface area (Å²) in [6.45, 7) is 14.6. The highest BCUT2D eigenvalue weighted by molar-refractivity contribution is 8.05. The molecule has 0 radical (unpaired) electrons. The third kappa shape index (κ3) is 4.76. The standard InChI is InChI=1S/C48H42BNS3/c1-27-20-33-30-12-11-17-42-46(30)50(38-13-7-8-14-39(38)51-42)49-37-26-44-43(52-40-15-9-10-16-41(40)53-44)25-32(37)31(34(21-27)45(33)49)23-29-24-36-35(22-28(29)2)47(3,4)18-19-48(36,5)6/h7-17,20-22,24-26,31H,18-19,23H2,1-6H3. The molecule has 1 aliphatic carbocycles. The Morgan fingerprint density at radius 3 is 2.02 bits per heavy atom. The van der Waals surface area contributed by atoms with E-state index in [2.05, 4.69) is 149 Å². The predicted molar refractivity (Wildman–Crippen MR) is 227 cm³/mol. The molecule has 260 valence electrons. The Morgan fingerprint density at radius 2 is 1.26 bits per heavy atom. The minimum absolute atomic E-state index is 0.0972. The molecule has 6 aromatic carbocycles. The first-order valence-corrected chi connectivity index (χ1v) is 21.6. The van der Waals surface area contributed by atoms with Crippen molar-refractivity contribution in [1.82, 2.24) is 0 Å². The summed E-state index contributed by atoms with van der Waals surface area (Å²) >= 11 is 5.83. The monoisotopic (exact) mass is 739 g/mol. The molecular formula is C48H42BNS3. The van der Waals surface area contributed by atoms with Crippen molar-refractivity contribution in [2.45, 2.75) is 107 Å². The Bertz CT molecular complexity index is 2580. The van der Waals surface area contributed by atoms with E-state index in [0.717, 1.165) is 6.42 Å². The first-order valence-electron chi connectivity index (χ1n) is 19.2. The van der Waals surface area contributed by atoms with E-state index in [-0.39, 0.29) is 23.6 Å². The fourth-order valence-corrected chi connectivity index (χ4v) is 13.5. The fourth-order valence-electron chi connectivity index (χ4n) is 10.1. The molecule has 1 unspecified atom stereocenters. The third-order valence-corrected chi connectivity index (χ3v) is 16.6. The minimum atomic E-state index is 0.0972. The lowest BCUT2D eigenvalue weighted by molar-refractivity contribution is 0.331. The zero-order valence-electron chi connectivity index (χ0n) is 31.3. The summed E-state index contributed by atoms with van der Waals surface area (Å²) < 4.78 is 0. The lowest BCUT2D eigenvalue weighted by atomic mass is 9.40. The highest BCUT2D eigenvalue weighted by Crippen LogP contribution is 2.56. The lowest BCUT2D eigenvalue weighted by Gasteiger charge is -2.47. The van der Waals surface area contributed by atoms with Crippen LogP contribution in [0.4, 0.5) is 11.4 Å². The van der Waals surface area contributed by atoms with Gasteiger partial charge < -0.3 is 4.81 Å². The second-order valence-electron chi connectivity index (χ2n) is 17.2. The van der Waals surface area contributed by atoms with Crippen LogP contribution in [-0.4, -0.2) is 6.85 Å². The minimum Gasteiger partial charge on any atom is -0.375 e. The van der Waals surface area contributed by atoms with Gasteiger partial charge in [0.1, 0.15) is 0 Å². The molecule has 4 heterocycles. The van der Waals surface area contributed by atoms with Crippen molar-refractivity contribution in [3.8, 4) is 11.1 Å². The van der Waals surface area contributed by atoms with Gasteiger partial charge in [0.25, 0.3) is 0 Å². The topological polar surface area (TPSA) is 3.24 Å². The van der Waals surface area contributed by atoms with Gasteiger partial charge in [0.2, 0.25) is 0 Å². The van der Waals surface area contributed by atoms with E-state index in [1.165, 1.54) is 103 Å². The van der Waals surface area contributed by atoms with Gasteiger partial charge in [-0.25, -0.2) is 0 Å². The van der Waals surface area contributed by atoms with E-state index in [9.17, 15) is 0 Å². The first-order chi connectivity index (χ1) is 25.6. The van der Waals surface area contributed by atoms with Crippen LogP contribution >= 0.6 is 35.3 Å². The molecule has 0 saturated carbocycles. The zero-order chi connectivity index (χ0) is 36.0. The van der Waals surface area contributed by atoms with E-state index in [1.807, 2.05) is 35.3 Å². The van der Waals surface area contributed by atoms with E-state index in [0.29, 0.717) is 0 Å². The number of anilines is 2. The molecule has 11 rings (SSSR count). The van der Waals surface area contributed by atoms with Crippen molar-refractivity contribution in [2.24, 2.45) is 0 Å². The molecule has 0 amide bonds. The van der Waals surface area contributed by atoms with Gasteiger partial charge in [-0.15, -0.1) is 0 Å². The number of nitrogens with zero attached hydrogens (tertiary/aromatic N) is 1. The first kappa shape index (κ1) is 32.6. The van der Waals surface area contributed by atoms with E-state index in [1.54, 1.807) is 11.1 Å². The molecule has 0 saturated heterocycles. The highest BCUT2D eigenvalue weighted by atomic mass is 32.2. The molecular weight excluding hydrogens is 698 g/mol. The smallest absolute Gasteiger partial charge is 0.329 e. The van der Waals surface area contributed by atoms with Crippen molar-refractivity contribution in [3.05, 3.63) is 142 Å². The fraction of sp³-hybridized carbons (Fsp3) is 0.250. The maximum Gasteiger partial charge on any atom is 0.329 e. The van der Waals surface area contributed by atoms with Crippen LogP contribution in [0.3, 0.4) is 0 Å². The van der Waals surface area contributed by atoms with Crippen molar-refractivity contribution in [2.75, 3.05) is 4.81 Å². The van der Waals surface area contributed by atoms with Crippen molar-refractivity contribution < 1.29 is 0 Å². The number of hydrogen-bond acceptors (Lipinski definition) is 4. The Kier molecular flexibility index (Phi) is 7.01. The molecule has 6 aromatic rings. The molecule has 0 aromatic heterocycles. The maximum atomic E-state index is 2.72. The summed E-state index contributed by atoms with van der Waals surface area (Å²) in [5.41, 5.74) is 19.3. The van der Waals surface area contributed by atoms with Crippen LogP contribution in [0.5, 0.6) is 0 Å². The number of benzene rings is 6. The van der Waals surface area contributed by atoms with Gasteiger partial charge in [-0.05, 0) is 136 Å². The molecule has 53 heavy (non-hydrogen) atoms. The van der Waals surface area contributed by atoms with Gasteiger partial charge in [0.05, 0.1) is 5.69 Å². The third-order valence-electron chi connectivity index (χ3n) is 13.0. The Balaban J connectivity index is 1.18. The normalized spacial score (nSPS) is 18.9. The van der Waals surface area contributed by atoms with Gasteiger partial charge in [-0.3, -0.25) is 0 Å². The summed E-state index contributed by atoms with van der Waals surface area (Å²) in [7, 11) is 0. The summed E-state index contributed by atoms with van der Waals surface area (Å²) in [5, 5.41) is 0. The number of fused-ring (bicyclic) bond motifs is 9. The Labute approximate surface area is 327 Å². The number of hydrogen-bond donors (Lipinski definition) is 0. The van der Waals surface area contributed by atoms with Crippen LogP contribution in [0.2, 0.25) is 0 Å². The molecule has 0 bridgehead atoms. The molecule has 1 nitrogen and oxygen atoms in total. The van der Waals surface area contributed by atoms with Gasteiger partial charge >= 0.3 is 6.85 Å². The average Bonchev–Trinajstić information content (AvgIpc) is 3.14. The summed E-state index contributed by atoms with van der Waals surface area (Å²) in [4.78, 5) is 10.9. The van der Waals surface area contributed by atoms with E-state index < -0.39 is 0 Å². The van der Waals surface area contributed by atoms with Crippen LogP contribution in [-0.2, 0) is 17.3 Å². The summed E-state index contributed by atoms with van der Waals surface area (Å²) in [6.07, 6.45) is 3.47. The number of para-hydroxylation sites is 2. The average molecular weight is 740 g/mol. The largest absolute Gasteiger partial charge is 0.375 e. The lowest BCUT2D eigenvalue weighted by Crippen LogP contribution is -2.62. The van der Waals surface area contributed by atoms with Crippen LogP contribution in [0.15, 0.2) is 133 Å². The maximum absolute atomic E-state index is 2.72. The van der Waals surface area contributed by atoms with Crippen molar-refractivity contribution >= 4 is 64.4 Å². The number of rotatable bonds is 2. The van der Waals surface area contributed by atoms with Gasteiger partial charge in [-0.2, -0.15) is 0 Å². The molecule has 4 aliphatic heterocycles. The van der Waals surface area contributed by atoms with E-state index in [4.69, 9.17) is 0 Å².